The zero-order valence-electron chi connectivity index (χ0n) is 11.0. The number of halogens is 1. The van der Waals surface area contributed by atoms with Gasteiger partial charge in [-0.05, 0) is 6.92 Å². The average molecular weight is 332 g/mol. The molecule has 0 bridgehead atoms. The van der Waals surface area contributed by atoms with Crippen LogP contribution in [0.25, 0.3) is 0 Å². The molecule has 1 aliphatic rings. The van der Waals surface area contributed by atoms with Gasteiger partial charge in [-0.1, -0.05) is 0 Å². The van der Waals surface area contributed by atoms with Gasteiger partial charge < -0.3 is 10.6 Å². The molecule has 0 radical (unpaired) electrons. The fourth-order valence-corrected chi connectivity index (χ4v) is 3.12. The number of amides is 1. The Hall–Kier alpha value is -0.0200. The maximum absolute atomic E-state index is 11.6. The number of rotatable bonds is 7. The molecule has 1 atom stereocenters. The van der Waals surface area contributed by atoms with E-state index in [-0.39, 0.29) is 36.7 Å². The summed E-state index contributed by atoms with van der Waals surface area (Å²) >= 11 is 1.85. The maximum Gasteiger partial charge on any atom is 0.221 e. The molecule has 9 heteroatoms. The lowest BCUT2D eigenvalue weighted by molar-refractivity contribution is -0.121. The van der Waals surface area contributed by atoms with Gasteiger partial charge in [-0.2, -0.15) is 11.8 Å². The average Bonchev–Trinajstić information content (AvgIpc) is 2.36. The second-order valence-corrected chi connectivity index (χ2v) is 7.32. The van der Waals surface area contributed by atoms with E-state index in [0.717, 1.165) is 18.1 Å². The summed E-state index contributed by atoms with van der Waals surface area (Å²) in [6.45, 7) is 3.10. The van der Waals surface area contributed by atoms with Crippen LogP contribution in [-0.2, 0) is 14.8 Å². The van der Waals surface area contributed by atoms with E-state index < -0.39 is 10.0 Å². The van der Waals surface area contributed by atoms with Crippen LogP contribution in [0.4, 0.5) is 0 Å². The van der Waals surface area contributed by atoms with Crippen LogP contribution < -0.4 is 15.4 Å². The molecule has 1 fully saturated rings. The highest BCUT2D eigenvalue weighted by molar-refractivity contribution is 7.99. The summed E-state index contributed by atoms with van der Waals surface area (Å²) < 4.78 is 24.7. The number of carbonyl (C=O) groups is 1. The molecule has 19 heavy (non-hydrogen) atoms. The highest BCUT2D eigenvalue weighted by Crippen LogP contribution is 2.09. The van der Waals surface area contributed by atoms with Crippen molar-refractivity contribution < 1.29 is 13.2 Å². The highest BCUT2D eigenvalue weighted by atomic mass is 35.5. The van der Waals surface area contributed by atoms with Gasteiger partial charge >= 0.3 is 0 Å². The number of sulfonamides is 1. The van der Waals surface area contributed by atoms with Gasteiger partial charge in [0.15, 0.2) is 0 Å². The van der Waals surface area contributed by atoms with Gasteiger partial charge in [-0.15, -0.1) is 12.4 Å². The second-order valence-electron chi connectivity index (χ2n) is 4.08. The summed E-state index contributed by atoms with van der Waals surface area (Å²) in [7, 11) is -3.16. The minimum Gasteiger partial charge on any atom is -0.355 e. The van der Waals surface area contributed by atoms with Gasteiger partial charge in [0.25, 0.3) is 0 Å². The van der Waals surface area contributed by atoms with Crippen LogP contribution in [0.5, 0.6) is 0 Å². The molecule has 0 aromatic rings. The second kappa shape index (κ2) is 9.82. The predicted molar refractivity (Wildman–Crippen MR) is 81.5 cm³/mol. The van der Waals surface area contributed by atoms with Crippen molar-refractivity contribution in [1.29, 1.82) is 0 Å². The van der Waals surface area contributed by atoms with Gasteiger partial charge in [0.1, 0.15) is 0 Å². The highest BCUT2D eigenvalue weighted by Gasteiger charge is 2.16. The van der Waals surface area contributed by atoms with Crippen molar-refractivity contribution >= 4 is 40.1 Å². The smallest absolute Gasteiger partial charge is 0.221 e. The zero-order chi connectivity index (χ0) is 13.4. The van der Waals surface area contributed by atoms with Crippen molar-refractivity contribution in [3.05, 3.63) is 0 Å². The molecular formula is C10H22ClN3O3S2. The van der Waals surface area contributed by atoms with E-state index in [1.807, 2.05) is 11.8 Å². The number of hydrogen-bond donors (Lipinski definition) is 3. The molecule has 1 rings (SSSR count). The largest absolute Gasteiger partial charge is 0.355 e. The molecule has 0 aliphatic carbocycles. The van der Waals surface area contributed by atoms with Crippen molar-refractivity contribution in [3.63, 3.8) is 0 Å². The van der Waals surface area contributed by atoms with E-state index >= 15 is 0 Å². The molecule has 1 aliphatic heterocycles. The van der Waals surface area contributed by atoms with Gasteiger partial charge in [0.2, 0.25) is 15.9 Å². The number of nitrogens with one attached hydrogen (secondary N) is 3. The van der Waals surface area contributed by atoms with E-state index in [0.29, 0.717) is 13.0 Å². The minimum atomic E-state index is -3.16. The van der Waals surface area contributed by atoms with Crippen LogP contribution in [0, 0.1) is 0 Å². The van der Waals surface area contributed by atoms with E-state index in [1.165, 1.54) is 0 Å². The van der Waals surface area contributed by atoms with E-state index in [4.69, 9.17) is 0 Å². The van der Waals surface area contributed by atoms with Crippen LogP contribution in [0.2, 0.25) is 0 Å². The summed E-state index contributed by atoms with van der Waals surface area (Å²) in [6, 6.07) is 0.232. The lowest BCUT2D eigenvalue weighted by Crippen LogP contribution is -2.42. The Morgan fingerprint density at radius 2 is 2.16 bits per heavy atom. The summed E-state index contributed by atoms with van der Waals surface area (Å²) in [5, 5.41) is 5.99. The van der Waals surface area contributed by atoms with Gasteiger partial charge in [-0.25, -0.2) is 13.1 Å². The summed E-state index contributed by atoms with van der Waals surface area (Å²) in [4.78, 5) is 11.6. The molecule has 6 nitrogen and oxygen atoms in total. The Labute approximate surface area is 125 Å². The Morgan fingerprint density at radius 1 is 1.42 bits per heavy atom. The first kappa shape index (κ1) is 19.0. The minimum absolute atomic E-state index is 0. The van der Waals surface area contributed by atoms with Crippen molar-refractivity contribution in [1.82, 2.24) is 15.4 Å². The topological polar surface area (TPSA) is 87.3 Å². The summed E-state index contributed by atoms with van der Waals surface area (Å²) in [6.07, 6.45) is 0.452. The number of carbonyl (C=O) groups excluding carboxylic acids is 1. The summed E-state index contributed by atoms with van der Waals surface area (Å²) in [5.74, 6) is 2.07. The molecule has 0 spiro atoms. The number of thioether (sulfide) groups is 1. The third-order valence-corrected chi connectivity index (χ3v) is 5.11. The molecule has 1 amide bonds. The van der Waals surface area contributed by atoms with E-state index in [9.17, 15) is 13.2 Å². The first-order valence-electron chi connectivity index (χ1n) is 6.08. The standard InChI is InChI=1S/C10H21N3O3S2.ClH/c1-2-18(15,16)13-4-3-12-10(14)7-9-8-17-6-5-11-9;/h9,11,13H,2-8H2,1H3,(H,12,14);1H. The molecule has 1 unspecified atom stereocenters. The zero-order valence-corrected chi connectivity index (χ0v) is 13.4. The van der Waals surface area contributed by atoms with Gasteiger partial charge in [0.05, 0.1) is 5.75 Å². The molecule has 1 heterocycles. The Bertz CT molecular complexity index is 359. The lowest BCUT2D eigenvalue weighted by Gasteiger charge is -2.22. The first-order chi connectivity index (χ1) is 8.53. The third-order valence-electron chi connectivity index (χ3n) is 2.58. The summed E-state index contributed by atoms with van der Waals surface area (Å²) in [5.41, 5.74) is 0. The predicted octanol–water partition coefficient (Wildman–Crippen LogP) is -0.441. The Morgan fingerprint density at radius 3 is 2.74 bits per heavy atom. The monoisotopic (exact) mass is 331 g/mol. The first-order valence-corrected chi connectivity index (χ1v) is 8.89. The normalized spacial score (nSPS) is 19.5. The molecular weight excluding hydrogens is 310 g/mol. The molecule has 0 aromatic carbocycles. The molecule has 0 saturated carbocycles. The molecule has 1 saturated heterocycles. The van der Waals surface area contributed by atoms with E-state index in [1.54, 1.807) is 6.92 Å². The van der Waals surface area contributed by atoms with Crippen LogP contribution >= 0.6 is 24.2 Å². The van der Waals surface area contributed by atoms with Crippen molar-refractivity contribution in [2.24, 2.45) is 0 Å². The quantitative estimate of drug-likeness (QED) is 0.550. The maximum atomic E-state index is 11.6. The fraction of sp³-hybridized carbons (Fsp3) is 0.900. The lowest BCUT2D eigenvalue weighted by atomic mass is 10.2. The van der Waals surface area contributed by atoms with Crippen LogP contribution in [0.15, 0.2) is 0 Å². The Kier molecular flexibility index (Phi) is 9.81. The molecule has 3 N–H and O–H groups in total. The van der Waals surface area contributed by atoms with Crippen molar-refractivity contribution in [3.8, 4) is 0 Å². The van der Waals surface area contributed by atoms with Crippen LogP contribution in [0.1, 0.15) is 13.3 Å². The van der Waals surface area contributed by atoms with Gasteiger partial charge in [0, 0.05) is 43.6 Å². The molecule has 0 aromatic heterocycles. The van der Waals surface area contributed by atoms with Crippen molar-refractivity contribution in [2.45, 2.75) is 19.4 Å². The van der Waals surface area contributed by atoms with Crippen LogP contribution in [0.3, 0.4) is 0 Å². The molecule has 114 valence electrons. The van der Waals surface area contributed by atoms with E-state index in [2.05, 4.69) is 15.4 Å². The fourth-order valence-electron chi connectivity index (χ4n) is 1.56. The van der Waals surface area contributed by atoms with Gasteiger partial charge in [-0.3, -0.25) is 4.79 Å². The van der Waals surface area contributed by atoms with Crippen molar-refractivity contribution in [2.75, 3.05) is 36.9 Å². The van der Waals surface area contributed by atoms with Crippen LogP contribution in [-0.4, -0.2) is 57.3 Å². The number of hydrogen-bond acceptors (Lipinski definition) is 5. The SMILES string of the molecule is CCS(=O)(=O)NCCNC(=O)CC1CSCCN1.Cl. The Balaban J connectivity index is 0.00000324. The third kappa shape index (κ3) is 8.69.